The molecule has 0 radical (unpaired) electrons. The number of methoxy groups -OCH3 is 1. The van der Waals surface area contributed by atoms with E-state index in [9.17, 15) is 9.90 Å². The van der Waals surface area contributed by atoms with Crippen LogP contribution in [0.4, 0.5) is 0 Å². The fraction of sp³-hybridized carbons (Fsp3) is 0.278. The van der Waals surface area contributed by atoms with Crippen molar-refractivity contribution in [1.82, 2.24) is 15.3 Å². The molecule has 3 rings (SSSR count). The van der Waals surface area contributed by atoms with Crippen LogP contribution in [0.3, 0.4) is 0 Å². The standard InChI is InChI=1S/C18H19N3O4/c1-10(2)14(21-17(23)13-9-25-18(20-13)24-3)12-7-6-11-5-4-8-19-15(11)16(12)22/h4-10,14,22H,1-3H3,(H,21,23). The van der Waals surface area contributed by atoms with Gasteiger partial charge >= 0.3 is 6.08 Å². The van der Waals surface area contributed by atoms with Crippen molar-refractivity contribution >= 4 is 16.8 Å². The van der Waals surface area contributed by atoms with E-state index in [4.69, 9.17) is 9.15 Å². The molecule has 1 atom stereocenters. The Bertz CT molecular complexity index is 904. The van der Waals surface area contributed by atoms with Crippen LogP contribution >= 0.6 is 0 Å². The number of oxazole rings is 1. The molecule has 1 amide bonds. The molecule has 25 heavy (non-hydrogen) atoms. The van der Waals surface area contributed by atoms with Gasteiger partial charge in [-0.1, -0.05) is 32.0 Å². The van der Waals surface area contributed by atoms with Gasteiger partial charge < -0.3 is 19.6 Å². The molecule has 2 aromatic heterocycles. The number of pyridine rings is 1. The van der Waals surface area contributed by atoms with Gasteiger partial charge in [-0.2, -0.15) is 4.98 Å². The van der Waals surface area contributed by atoms with Crippen molar-refractivity contribution in [1.29, 1.82) is 0 Å². The largest absolute Gasteiger partial charge is 0.505 e. The summed E-state index contributed by atoms with van der Waals surface area (Å²) in [5.74, 6) is -0.314. The van der Waals surface area contributed by atoms with Gasteiger partial charge in [-0.25, -0.2) is 0 Å². The Kier molecular flexibility index (Phi) is 4.56. The van der Waals surface area contributed by atoms with Crippen LogP contribution in [-0.2, 0) is 0 Å². The lowest BCUT2D eigenvalue weighted by atomic mass is 9.94. The zero-order valence-electron chi connectivity index (χ0n) is 14.2. The fourth-order valence-corrected chi connectivity index (χ4v) is 2.67. The number of phenols is 1. The van der Waals surface area contributed by atoms with Gasteiger partial charge in [-0.05, 0) is 12.0 Å². The highest BCUT2D eigenvalue weighted by atomic mass is 16.6. The first kappa shape index (κ1) is 16.8. The smallest absolute Gasteiger partial charge is 0.393 e. The van der Waals surface area contributed by atoms with Crippen LogP contribution in [0, 0.1) is 5.92 Å². The van der Waals surface area contributed by atoms with Crippen molar-refractivity contribution in [2.75, 3.05) is 7.11 Å². The molecule has 2 heterocycles. The monoisotopic (exact) mass is 341 g/mol. The Balaban J connectivity index is 1.93. The van der Waals surface area contributed by atoms with Gasteiger partial charge in [0.15, 0.2) is 5.69 Å². The number of aromatic nitrogens is 2. The maximum Gasteiger partial charge on any atom is 0.393 e. The summed E-state index contributed by atoms with van der Waals surface area (Å²) in [7, 11) is 1.41. The number of amides is 1. The van der Waals surface area contributed by atoms with E-state index in [2.05, 4.69) is 15.3 Å². The number of benzene rings is 1. The van der Waals surface area contributed by atoms with Gasteiger partial charge in [0.2, 0.25) is 0 Å². The molecule has 0 aliphatic heterocycles. The summed E-state index contributed by atoms with van der Waals surface area (Å²) >= 11 is 0. The normalized spacial score (nSPS) is 12.3. The zero-order chi connectivity index (χ0) is 18.0. The Morgan fingerprint density at radius 1 is 1.32 bits per heavy atom. The van der Waals surface area contributed by atoms with E-state index in [0.29, 0.717) is 11.1 Å². The molecule has 0 aliphatic carbocycles. The number of fused-ring (bicyclic) bond motifs is 1. The highest BCUT2D eigenvalue weighted by Gasteiger charge is 2.24. The first-order valence-electron chi connectivity index (χ1n) is 7.88. The molecule has 0 bridgehead atoms. The van der Waals surface area contributed by atoms with Crippen LogP contribution in [0.5, 0.6) is 11.8 Å². The van der Waals surface area contributed by atoms with Crippen LogP contribution in [0.1, 0.15) is 35.9 Å². The van der Waals surface area contributed by atoms with Gasteiger partial charge in [0.1, 0.15) is 17.5 Å². The van der Waals surface area contributed by atoms with Crippen LogP contribution < -0.4 is 10.1 Å². The van der Waals surface area contributed by atoms with E-state index < -0.39 is 11.9 Å². The summed E-state index contributed by atoms with van der Waals surface area (Å²) < 4.78 is 9.85. The predicted octanol–water partition coefficient (Wildman–Crippen LogP) is 3.06. The molecule has 0 saturated carbocycles. The van der Waals surface area contributed by atoms with Crippen molar-refractivity contribution < 1.29 is 19.1 Å². The van der Waals surface area contributed by atoms with Crippen molar-refractivity contribution in [3.8, 4) is 11.8 Å². The van der Waals surface area contributed by atoms with E-state index in [1.807, 2.05) is 26.0 Å². The van der Waals surface area contributed by atoms with Crippen molar-refractivity contribution in [3.05, 3.63) is 48.0 Å². The molecular weight excluding hydrogens is 322 g/mol. The average molecular weight is 341 g/mol. The number of aromatic hydroxyl groups is 1. The fourth-order valence-electron chi connectivity index (χ4n) is 2.67. The number of rotatable bonds is 5. The van der Waals surface area contributed by atoms with Crippen LogP contribution in [0.2, 0.25) is 0 Å². The molecule has 7 heteroatoms. The first-order chi connectivity index (χ1) is 12.0. The molecule has 1 aromatic carbocycles. The summed E-state index contributed by atoms with van der Waals surface area (Å²) in [6.45, 7) is 3.91. The first-order valence-corrected chi connectivity index (χ1v) is 7.88. The Morgan fingerprint density at radius 2 is 2.12 bits per heavy atom. The molecule has 1 unspecified atom stereocenters. The highest BCUT2D eigenvalue weighted by Crippen LogP contribution is 2.34. The molecule has 2 N–H and O–H groups in total. The summed E-state index contributed by atoms with van der Waals surface area (Å²) in [4.78, 5) is 20.6. The molecule has 0 spiro atoms. The third-order valence-electron chi connectivity index (χ3n) is 3.96. The number of phenolic OH excluding ortho intramolecular Hbond substituents is 1. The molecular formula is C18H19N3O4. The minimum atomic E-state index is -0.415. The average Bonchev–Trinajstić information content (AvgIpc) is 3.10. The summed E-state index contributed by atoms with van der Waals surface area (Å²) in [5, 5.41) is 14.3. The maximum atomic E-state index is 12.5. The number of carbonyl (C=O) groups excluding carboxylic acids is 1. The van der Waals surface area contributed by atoms with Gasteiger partial charge in [0.25, 0.3) is 5.91 Å². The summed E-state index contributed by atoms with van der Waals surface area (Å²) in [6.07, 6.45) is 2.87. The third-order valence-corrected chi connectivity index (χ3v) is 3.96. The Labute approximate surface area is 144 Å². The number of hydrogen-bond donors (Lipinski definition) is 2. The van der Waals surface area contributed by atoms with Crippen molar-refractivity contribution in [2.24, 2.45) is 5.92 Å². The van der Waals surface area contributed by atoms with E-state index in [-0.39, 0.29) is 23.4 Å². The SMILES string of the molecule is COc1nc(C(=O)NC(c2ccc3cccnc3c2O)C(C)C)co1. The molecule has 0 aliphatic rings. The Hall–Kier alpha value is -3.09. The number of carbonyl (C=O) groups is 1. The van der Waals surface area contributed by atoms with Crippen LogP contribution in [0.25, 0.3) is 10.9 Å². The van der Waals surface area contributed by atoms with E-state index >= 15 is 0 Å². The number of nitrogens with zero attached hydrogens (tertiary/aromatic N) is 2. The summed E-state index contributed by atoms with van der Waals surface area (Å²) in [5.41, 5.74) is 1.22. The maximum absolute atomic E-state index is 12.5. The minimum absolute atomic E-state index is 0.0176. The second-order valence-electron chi connectivity index (χ2n) is 5.98. The summed E-state index contributed by atoms with van der Waals surface area (Å²) in [6, 6.07) is 6.94. The lowest BCUT2D eigenvalue weighted by Crippen LogP contribution is -2.32. The number of ether oxygens (including phenoxy) is 1. The van der Waals surface area contributed by atoms with Crippen LogP contribution in [0.15, 0.2) is 41.1 Å². The van der Waals surface area contributed by atoms with Gasteiger partial charge in [0.05, 0.1) is 13.2 Å². The highest BCUT2D eigenvalue weighted by molar-refractivity contribution is 5.92. The molecule has 130 valence electrons. The molecule has 7 nitrogen and oxygen atoms in total. The topological polar surface area (TPSA) is 97.5 Å². The van der Waals surface area contributed by atoms with Crippen molar-refractivity contribution in [3.63, 3.8) is 0 Å². The lowest BCUT2D eigenvalue weighted by Gasteiger charge is -2.23. The number of nitrogens with one attached hydrogen (secondary N) is 1. The van der Waals surface area contributed by atoms with E-state index in [1.54, 1.807) is 18.3 Å². The van der Waals surface area contributed by atoms with Gasteiger partial charge in [-0.15, -0.1) is 0 Å². The molecule has 0 saturated heterocycles. The van der Waals surface area contributed by atoms with Crippen molar-refractivity contribution in [2.45, 2.75) is 19.9 Å². The second-order valence-corrected chi connectivity index (χ2v) is 5.98. The van der Waals surface area contributed by atoms with E-state index in [0.717, 1.165) is 5.39 Å². The third kappa shape index (κ3) is 3.26. The number of hydrogen-bond acceptors (Lipinski definition) is 6. The van der Waals surface area contributed by atoms with Gasteiger partial charge in [-0.3, -0.25) is 9.78 Å². The Morgan fingerprint density at radius 3 is 2.80 bits per heavy atom. The second kappa shape index (κ2) is 6.80. The molecule has 0 fully saturated rings. The minimum Gasteiger partial charge on any atom is -0.505 e. The van der Waals surface area contributed by atoms with Crippen LogP contribution in [-0.4, -0.2) is 28.1 Å². The van der Waals surface area contributed by atoms with E-state index in [1.165, 1.54) is 13.4 Å². The van der Waals surface area contributed by atoms with Gasteiger partial charge in [0, 0.05) is 17.1 Å². The quantitative estimate of drug-likeness (QED) is 0.740. The lowest BCUT2D eigenvalue weighted by molar-refractivity contribution is 0.0920. The molecule has 3 aromatic rings. The zero-order valence-corrected chi connectivity index (χ0v) is 14.2. The predicted molar refractivity (Wildman–Crippen MR) is 91.5 cm³/mol.